The maximum absolute atomic E-state index is 12.7. The van der Waals surface area contributed by atoms with Crippen LogP contribution in [0.5, 0.6) is 5.75 Å². The van der Waals surface area contributed by atoms with Crippen molar-refractivity contribution >= 4 is 11.6 Å². The highest BCUT2D eigenvalue weighted by Gasteiger charge is 2.22. The van der Waals surface area contributed by atoms with Crippen LogP contribution in [0.2, 0.25) is 0 Å². The fourth-order valence-corrected chi connectivity index (χ4v) is 4.74. The lowest BCUT2D eigenvalue weighted by Crippen LogP contribution is -2.49. The predicted octanol–water partition coefficient (Wildman–Crippen LogP) is 4.91. The van der Waals surface area contributed by atoms with Crippen LogP contribution in [0.3, 0.4) is 0 Å². The predicted molar refractivity (Wildman–Crippen MR) is 138 cm³/mol. The molecule has 2 aliphatic rings. The lowest BCUT2D eigenvalue weighted by atomic mass is 10.0. The normalized spacial score (nSPS) is 20.3. The zero-order valence-corrected chi connectivity index (χ0v) is 20.8. The van der Waals surface area contributed by atoms with Crippen LogP contribution in [0.15, 0.2) is 60.2 Å². The molecule has 0 saturated carbocycles. The van der Waals surface area contributed by atoms with Crippen LogP contribution >= 0.6 is 0 Å². The zero-order chi connectivity index (χ0) is 23.6. The van der Waals surface area contributed by atoms with Gasteiger partial charge in [0.1, 0.15) is 5.75 Å². The molecular weight excluding hydrogens is 410 g/mol. The van der Waals surface area contributed by atoms with Gasteiger partial charge in [-0.25, -0.2) is 0 Å². The quantitative estimate of drug-likeness (QED) is 0.303. The SMILES string of the molecule is C=C(/C=C(C)\C=C/C)C(=O)N1CCN(c2ccc(OCCCN3CCCC(C)C3)cc2)CC1. The number of rotatable bonds is 9. The summed E-state index contributed by atoms with van der Waals surface area (Å²) in [5.74, 6) is 1.79. The molecule has 0 bridgehead atoms. The Morgan fingerprint density at radius 3 is 2.55 bits per heavy atom. The van der Waals surface area contributed by atoms with Crippen LogP contribution < -0.4 is 9.64 Å². The van der Waals surface area contributed by atoms with Gasteiger partial charge in [-0.2, -0.15) is 0 Å². The summed E-state index contributed by atoms with van der Waals surface area (Å²) in [4.78, 5) is 19.5. The van der Waals surface area contributed by atoms with E-state index in [9.17, 15) is 4.79 Å². The van der Waals surface area contributed by atoms with Crippen LogP contribution in [0, 0.1) is 5.92 Å². The minimum atomic E-state index is 0.0289. The molecule has 180 valence electrons. The van der Waals surface area contributed by atoms with Crippen molar-refractivity contribution in [3.05, 3.63) is 60.2 Å². The van der Waals surface area contributed by atoms with E-state index in [-0.39, 0.29) is 5.91 Å². The van der Waals surface area contributed by atoms with Gasteiger partial charge in [0.2, 0.25) is 0 Å². The van der Waals surface area contributed by atoms with Crippen molar-refractivity contribution in [2.24, 2.45) is 5.92 Å². The van der Waals surface area contributed by atoms with Gasteiger partial charge in [0.15, 0.2) is 0 Å². The molecule has 0 aromatic heterocycles. The lowest BCUT2D eigenvalue weighted by Gasteiger charge is -2.36. The van der Waals surface area contributed by atoms with E-state index < -0.39 is 0 Å². The lowest BCUT2D eigenvalue weighted by molar-refractivity contribution is -0.127. The summed E-state index contributed by atoms with van der Waals surface area (Å²) < 4.78 is 5.97. The first-order chi connectivity index (χ1) is 16.0. The standard InChI is InChI=1S/C28H41N3O2/c1-5-8-23(2)21-25(4)28(32)31-18-16-30(17-19-31)26-10-12-27(13-11-26)33-20-7-15-29-14-6-9-24(3)22-29/h5,8,10-13,21,24H,4,6-7,9,14-20,22H2,1-3H3/b8-5-,23-21-. The molecule has 0 aliphatic carbocycles. The van der Waals surface area contributed by atoms with E-state index in [0.717, 1.165) is 49.9 Å². The fourth-order valence-electron chi connectivity index (χ4n) is 4.74. The maximum Gasteiger partial charge on any atom is 0.253 e. The molecule has 33 heavy (non-hydrogen) atoms. The zero-order valence-electron chi connectivity index (χ0n) is 20.8. The number of piperidine rings is 1. The average molecular weight is 452 g/mol. The van der Waals surface area contributed by atoms with Crippen molar-refractivity contribution in [3.8, 4) is 5.75 Å². The number of piperazine rings is 1. The number of allylic oxidation sites excluding steroid dienone is 3. The molecule has 2 saturated heterocycles. The first kappa shape index (κ1) is 25.1. The van der Waals surface area contributed by atoms with E-state index >= 15 is 0 Å². The molecule has 0 N–H and O–H groups in total. The second-order valence-electron chi connectivity index (χ2n) is 9.44. The minimum absolute atomic E-state index is 0.0289. The number of benzene rings is 1. The van der Waals surface area contributed by atoms with E-state index in [0.29, 0.717) is 18.7 Å². The van der Waals surface area contributed by atoms with Gasteiger partial charge >= 0.3 is 0 Å². The van der Waals surface area contributed by atoms with Crippen molar-refractivity contribution < 1.29 is 9.53 Å². The largest absolute Gasteiger partial charge is 0.494 e. The molecule has 0 radical (unpaired) electrons. The van der Waals surface area contributed by atoms with E-state index in [4.69, 9.17) is 4.74 Å². The topological polar surface area (TPSA) is 36.0 Å². The van der Waals surface area contributed by atoms with Gasteiger partial charge in [-0.3, -0.25) is 4.79 Å². The molecule has 1 aromatic rings. The molecule has 5 nitrogen and oxygen atoms in total. The number of likely N-dealkylation sites (tertiary alicyclic amines) is 1. The Bertz CT molecular complexity index is 835. The number of hydrogen-bond acceptors (Lipinski definition) is 4. The summed E-state index contributed by atoms with van der Waals surface area (Å²) in [5.41, 5.74) is 2.77. The van der Waals surface area contributed by atoms with Gasteiger partial charge in [-0.05, 0) is 75.9 Å². The van der Waals surface area contributed by atoms with Gasteiger partial charge in [0.05, 0.1) is 6.61 Å². The van der Waals surface area contributed by atoms with Gasteiger partial charge in [0, 0.05) is 50.5 Å². The third-order valence-corrected chi connectivity index (χ3v) is 6.50. The number of carbonyl (C=O) groups is 1. The summed E-state index contributed by atoms with van der Waals surface area (Å²) in [6.45, 7) is 17.7. The van der Waals surface area contributed by atoms with E-state index in [2.05, 4.69) is 47.6 Å². The molecule has 0 spiro atoms. The van der Waals surface area contributed by atoms with Crippen molar-refractivity contribution in [2.75, 3.05) is 57.3 Å². The summed E-state index contributed by atoms with van der Waals surface area (Å²) >= 11 is 0. The maximum atomic E-state index is 12.7. The molecule has 5 heteroatoms. The first-order valence-corrected chi connectivity index (χ1v) is 12.5. The Morgan fingerprint density at radius 1 is 1.15 bits per heavy atom. The van der Waals surface area contributed by atoms with Crippen molar-refractivity contribution in [1.82, 2.24) is 9.80 Å². The van der Waals surface area contributed by atoms with Crippen LogP contribution in [-0.4, -0.2) is 68.1 Å². The number of nitrogens with zero attached hydrogens (tertiary/aromatic N) is 3. The number of amides is 1. The molecule has 2 heterocycles. The molecular formula is C28H41N3O2. The van der Waals surface area contributed by atoms with Crippen LogP contribution in [0.25, 0.3) is 0 Å². The molecule has 1 amide bonds. The number of carbonyl (C=O) groups excluding carboxylic acids is 1. The van der Waals surface area contributed by atoms with Crippen molar-refractivity contribution in [3.63, 3.8) is 0 Å². The minimum Gasteiger partial charge on any atom is -0.494 e. The van der Waals surface area contributed by atoms with Gasteiger partial charge in [0.25, 0.3) is 5.91 Å². The fraction of sp³-hybridized carbons (Fsp3) is 0.536. The Kier molecular flexibility index (Phi) is 9.61. The summed E-state index contributed by atoms with van der Waals surface area (Å²) in [6.07, 6.45) is 9.58. The molecule has 2 fully saturated rings. The van der Waals surface area contributed by atoms with Gasteiger partial charge in [-0.15, -0.1) is 0 Å². The highest BCUT2D eigenvalue weighted by atomic mass is 16.5. The number of anilines is 1. The summed E-state index contributed by atoms with van der Waals surface area (Å²) in [5, 5.41) is 0. The van der Waals surface area contributed by atoms with Crippen LogP contribution in [0.1, 0.15) is 40.0 Å². The molecule has 3 rings (SSSR count). The van der Waals surface area contributed by atoms with Crippen molar-refractivity contribution in [2.45, 2.75) is 40.0 Å². The number of ether oxygens (including phenoxy) is 1. The van der Waals surface area contributed by atoms with Crippen molar-refractivity contribution in [1.29, 1.82) is 0 Å². The Labute approximate surface area is 200 Å². The summed E-state index contributed by atoms with van der Waals surface area (Å²) in [7, 11) is 0. The molecule has 1 unspecified atom stereocenters. The Balaban J connectivity index is 1.39. The Hall–Kier alpha value is -2.53. The molecule has 1 atom stereocenters. The van der Waals surface area contributed by atoms with Gasteiger partial charge in [-0.1, -0.05) is 31.2 Å². The average Bonchev–Trinajstić information content (AvgIpc) is 2.82. The monoisotopic (exact) mass is 451 g/mol. The third-order valence-electron chi connectivity index (χ3n) is 6.50. The smallest absolute Gasteiger partial charge is 0.253 e. The number of hydrogen-bond donors (Lipinski definition) is 0. The second-order valence-corrected chi connectivity index (χ2v) is 9.44. The van der Waals surface area contributed by atoms with Gasteiger partial charge < -0.3 is 19.4 Å². The first-order valence-electron chi connectivity index (χ1n) is 12.5. The third kappa shape index (κ3) is 7.78. The molecule has 2 aliphatic heterocycles. The van der Waals surface area contributed by atoms with E-state index in [1.165, 1.54) is 31.6 Å². The summed E-state index contributed by atoms with van der Waals surface area (Å²) in [6, 6.07) is 8.38. The van der Waals surface area contributed by atoms with Crippen LogP contribution in [0.4, 0.5) is 5.69 Å². The van der Waals surface area contributed by atoms with E-state index in [1.54, 1.807) is 0 Å². The van der Waals surface area contributed by atoms with Crippen LogP contribution in [-0.2, 0) is 4.79 Å². The second kappa shape index (κ2) is 12.6. The molecule has 1 aromatic carbocycles. The highest BCUT2D eigenvalue weighted by molar-refractivity contribution is 5.96. The highest BCUT2D eigenvalue weighted by Crippen LogP contribution is 2.22. The van der Waals surface area contributed by atoms with E-state index in [1.807, 2.05) is 37.0 Å². The Morgan fingerprint density at radius 2 is 1.88 bits per heavy atom.